The van der Waals surface area contributed by atoms with Gasteiger partial charge in [-0.25, -0.2) is 4.79 Å². The SMILES string of the molecule is CCOC(=O)c1cc2cc(NC3CCN(CC4CC4)CC3)ccc2[nH]1. The van der Waals surface area contributed by atoms with Crippen LogP contribution in [0.1, 0.15) is 43.1 Å². The van der Waals surface area contributed by atoms with E-state index in [-0.39, 0.29) is 5.97 Å². The summed E-state index contributed by atoms with van der Waals surface area (Å²) in [6, 6.07) is 8.64. The van der Waals surface area contributed by atoms with Crippen LogP contribution in [0.2, 0.25) is 0 Å². The molecule has 0 amide bonds. The van der Waals surface area contributed by atoms with E-state index in [9.17, 15) is 4.79 Å². The van der Waals surface area contributed by atoms with E-state index in [1.54, 1.807) is 0 Å². The van der Waals surface area contributed by atoms with Crippen molar-refractivity contribution in [1.29, 1.82) is 0 Å². The first kappa shape index (κ1) is 16.5. The Hall–Kier alpha value is -2.01. The van der Waals surface area contributed by atoms with E-state index in [1.807, 2.05) is 19.1 Å². The molecule has 1 aromatic carbocycles. The maximum atomic E-state index is 11.9. The number of hydrogen-bond acceptors (Lipinski definition) is 4. The first-order valence-electron chi connectivity index (χ1n) is 9.50. The van der Waals surface area contributed by atoms with Gasteiger partial charge in [0.15, 0.2) is 0 Å². The Morgan fingerprint density at radius 1 is 1.24 bits per heavy atom. The highest BCUT2D eigenvalue weighted by Gasteiger charge is 2.27. The molecule has 1 aliphatic carbocycles. The second-order valence-electron chi connectivity index (χ2n) is 7.37. The third-order valence-corrected chi connectivity index (χ3v) is 5.29. The van der Waals surface area contributed by atoms with E-state index in [0.29, 0.717) is 18.3 Å². The fourth-order valence-corrected chi connectivity index (χ4v) is 3.70. The number of H-pyrrole nitrogens is 1. The summed E-state index contributed by atoms with van der Waals surface area (Å²) in [5, 5.41) is 4.71. The summed E-state index contributed by atoms with van der Waals surface area (Å²) in [6.45, 7) is 5.92. The number of nitrogens with zero attached hydrogens (tertiary/aromatic N) is 1. The molecule has 2 aliphatic rings. The minimum atomic E-state index is -0.295. The number of aromatic nitrogens is 1. The van der Waals surface area contributed by atoms with Gasteiger partial charge in [-0.15, -0.1) is 0 Å². The number of rotatable bonds is 6. The molecule has 4 rings (SSSR count). The number of likely N-dealkylation sites (tertiary alicyclic amines) is 1. The largest absolute Gasteiger partial charge is 0.461 e. The number of benzene rings is 1. The average Bonchev–Trinajstić information content (AvgIpc) is 3.32. The molecule has 5 heteroatoms. The lowest BCUT2D eigenvalue weighted by Crippen LogP contribution is -2.39. The van der Waals surface area contributed by atoms with Crippen molar-refractivity contribution in [2.45, 2.75) is 38.6 Å². The molecule has 2 N–H and O–H groups in total. The summed E-state index contributed by atoms with van der Waals surface area (Å²) >= 11 is 0. The van der Waals surface area contributed by atoms with Crippen molar-refractivity contribution in [3.8, 4) is 0 Å². The Balaban J connectivity index is 1.37. The molecule has 1 saturated carbocycles. The molecular weight excluding hydrogens is 314 g/mol. The molecule has 0 unspecified atom stereocenters. The molecule has 0 bridgehead atoms. The Kier molecular flexibility index (Phi) is 4.66. The van der Waals surface area contributed by atoms with E-state index in [1.165, 1.54) is 45.3 Å². The van der Waals surface area contributed by atoms with Crippen LogP contribution in [-0.2, 0) is 4.74 Å². The number of fused-ring (bicyclic) bond motifs is 1. The molecule has 2 heterocycles. The number of carbonyl (C=O) groups is 1. The van der Waals surface area contributed by atoms with Gasteiger partial charge in [-0.1, -0.05) is 0 Å². The van der Waals surface area contributed by atoms with Crippen LogP contribution in [0, 0.1) is 5.92 Å². The van der Waals surface area contributed by atoms with E-state index >= 15 is 0 Å². The lowest BCUT2D eigenvalue weighted by atomic mass is 10.0. The van der Waals surface area contributed by atoms with Gasteiger partial charge in [-0.2, -0.15) is 0 Å². The molecule has 1 aromatic heterocycles. The standard InChI is InChI=1S/C20H27N3O2/c1-2-25-20(24)19-12-15-11-17(5-6-18(15)22-19)21-16-7-9-23(10-8-16)13-14-3-4-14/h5-6,11-12,14,16,21-22H,2-4,7-10,13H2,1H3. The topological polar surface area (TPSA) is 57.4 Å². The number of ether oxygens (including phenoxy) is 1. The summed E-state index contributed by atoms with van der Waals surface area (Å²) in [4.78, 5) is 17.6. The van der Waals surface area contributed by atoms with Crippen molar-refractivity contribution in [2.75, 3.05) is 31.6 Å². The van der Waals surface area contributed by atoms with E-state index in [0.717, 1.165) is 22.5 Å². The summed E-state index contributed by atoms with van der Waals surface area (Å²) in [6.07, 6.45) is 5.27. The second kappa shape index (κ2) is 7.08. The molecule has 0 radical (unpaired) electrons. The predicted molar refractivity (Wildman–Crippen MR) is 100 cm³/mol. The third kappa shape index (κ3) is 3.98. The molecule has 134 valence electrons. The van der Waals surface area contributed by atoms with Crippen molar-refractivity contribution in [3.63, 3.8) is 0 Å². The number of esters is 1. The van der Waals surface area contributed by atoms with Gasteiger partial charge >= 0.3 is 5.97 Å². The molecule has 0 spiro atoms. The molecule has 5 nitrogen and oxygen atoms in total. The van der Waals surface area contributed by atoms with Crippen LogP contribution in [0.4, 0.5) is 5.69 Å². The molecule has 1 saturated heterocycles. The number of carbonyl (C=O) groups excluding carboxylic acids is 1. The summed E-state index contributed by atoms with van der Waals surface area (Å²) in [5.41, 5.74) is 2.61. The van der Waals surface area contributed by atoms with Crippen molar-refractivity contribution in [3.05, 3.63) is 30.0 Å². The second-order valence-corrected chi connectivity index (χ2v) is 7.37. The minimum Gasteiger partial charge on any atom is -0.461 e. The molecule has 2 fully saturated rings. The summed E-state index contributed by atoms with van der Waals surface area (Å²) < 4.78 is 5.06. The Morgan fingerprint density at radius 3 is 2.76 bits per heavy atom. The Labute approximate surface area is 148 Å². The van der Waals surface area contributed by atoms with Gasteiger partial charge in [-0.05, 0) is 62.8 Å². The molecule has 1 aliphatic heterocycles. The van der Waals surface area contributed by atoms with Gasteiger partial charge in [0.25, 0.3) is 0 Å². The zero-order valence-corrected chi connectivity index (χ0v) is 14.9. The maximum absolute atomic E-state index is 11.9. The minimum absolute atomic E-state index is 0.295. The van der Waals surface area contributed by atoms with Crippen LogP contribution in [0.3, 0.4) is 0 Å². The van der Waals surface area contributed by atoms with Crippen LogP contribution in [-0.4, -0.2) is 48.1 Å². The van der Waals surface area contributed by atoms with Gasteiger partial charge in [0, 0.05) is 42.3 Å². The zero-order chi connectivity index (χ0) is 17.2. The Morgan fingerprint density at radius 2 is 2.04 bits per heavy atom. The zero-order valence-electron chi connectivity index (χ0n) is 14.9. The highest BCUT2D eigenvalue weighted by atomic mass is 16.5. The van der Waals surface area contributed by atoms with Crippen molar-refractivity contribution < 1.29 is 9.53 Å². The molecular formula is C20H27N3O2. The van der Waals surface area contributed by atoms with E-state index in [2.05, 4.69) is 27.3 Å². The van der Waals surface area contributed by atoms with E-state index < -0.39 is 0 Å². The first-order valence-corrected chi connectivity index (χ1v) is 9.50. The lowest BCUT2D eigenvalue weighted by molar-refractivity contribution is 0.0520. The Bertz CT molecular complexity index is 742. The van der Waals surface area contributed by atoms with Gasteiger partial charge < -0.3 is 19.9 Å². The predicted octanol–water partition coefficient (Wildman–Crippen LogP) is 3.63. The monoisotopic (exact) mass is 341 g/mol. The average molecular weight is 341 g/mol. The number of nitrogens with one attached hydrogen (secondary N) is 2. The van der Waals surface area contributed by atoms with Crippen molar-refractivity contribution in [1.82, 2.24) is 9.88 Å². The number of anilines is 1. The van der Waals surface area contributed by atoms with Crippen molar-refractivity contribution in [2.24, 2.45) is 5.92 Å². The summed E-state index contributed by atoms with van der Waals surface area (Å²) in [7, 11) is 0. The number of aromatic amines is 1. The van der Waals surface area contributed by atoms with Gasteiger partial charge in [0.1, 0.15) is 5.69 Å². The molecule has 0 atom stereocenters. The van der Waals surface area contributed by atoms with Crippen LogP contribution in [0.5, 0.6) is 0 Å². The van der Waals surface area contributed by atoms with E-state index in [4.69, 9.17) is 4.74 Å². The third-order valence-electron chi connectivity index (χ3n) is 5.29. The molecule has 2 aromatic rings. The van der Waals surface area contributed by atoms with Crippen LogP contribution < -0.4 is 5.32 Å². The lowest BCUT2D eigenvalue weighted by Gasteiger charge is -2.32. The first-order chi connectivity index (χ1) is 12.2. The number of piperidine rings is 1. The van der Waals surface area contributed by atoms with Gasteiger partial charge in [0.2, 0.25) is 0 Å². The van der Waals surface area contributed by atoms with Crippen LogP contribution in [0.25, 0.3) is 10.9 Å². The number of hydrogen-bond donors (Lipinski definition) is 2. The van der Waals surface area contributed by atoms with Crippen LogP contribution >= 0.6 is 0 Å². The normalized spacial score (nSPS) is 19.2. The maximum Gasteiger partial charge on any atom is 0.354 e. The van der Waals surface area contributed by atoms with Gasteiger partial charge in [0.05, 0.1) is 6.61 Å². The van der Waals surface area contributed by atoms with Crippen LogP contribution in [0.15, 0.2) is 24.3 Å². The highest BCUT2D eigenvalue weighted by molar-refractivity contribution is 5.95. The van der Waals surface area contributed by atoms with Gasteiger partial charge in [-0.3, -0.25) is 0 Å². The summed E-state index contributed by atoms with van der Waals surface area (Å²) in [5.74, 6) is 0.686. The fourth-order valence-electron chi connectivity index (χ4n) is 3.70. The smallest absolute Gasteiger partial charge is 0.354 e. The fraction of sp³-hybridized carbons (Fsp3) is 0.550. The quantitative estimate of drug-likeness (QED) is 0.788. The molecule has 25 heavy (non-hydrogen) atoms. The highest BCUT2D eigenvalue weighted by Crippen LogP contribution is 2.31. The van der Waals surface area contributed by atoms with Crippen molar-refractivity contribution >= 4 is 22.6 Å².